The van der Waals surface area contributed by atoms with Crippen LogP contribution in [0.25, 0.3) is 0 Å². The van der Waals surface area contributed by atoms with Crippen molar-refractivity contribution in [2.24, 2.45) is 5.92 Å². The van der Waals surface area contributed by atoms with Crippen LogP contribution in [0.2, 0.25) is 0 Å². The summed E-state index contributed by atoms with van der Waals surface area (Å²) in [6.07, 6.45) is 3.84. The Morgan fingerprint density at radius 1 is 1.00 bits per heavy atom. The second kappa shape index (κ2) is 10.1. The second-order valence-corrected chi connectivity index (χ2v) is 9.94. The van der Waals surface area contributed by atoms with Gasteiger partial charge in [-0.25, -0.2) is 8.42 Å². The third kappa shape index (κ3) is 5.83. The van der Waals surface area contributed by atoms with E-state index in [1.807, 2.05) is 0 Å². The van der Waals surface area contributed by atoms with Crippen molar-refractivity contribution >= 4 is 21.6 Å². The minimum Gasteiger partial charge on any atom is -0.494 e. The number of amides is 1. The molecule has 0 unspecified atom stereocenters. The Bertz CT molecular complexity index is 932. The molecule has 6 nitrogen and oxygen atoms in total. The molecule has 2 aromatic carbocycles. The molecule has 1 amide bonds. The van der Waals surface area contributed by atoms with Gasteiger partial charge in [0.2, 0.25) is 10.0 Å². The molecule has 0 spiro atoms. The number of piperidine rings is 1. The van der Waals surface area contributed by atoms with E-state index < -0.39 is 10.0 Å². The quantitative estimate of drug-likeness (QED) is 0.667. The number of benzene rings is 2. The van der Waals surface area contributed by atoms with E-state index in [0.717, 1.165) is 31.4 Å². The molecule has 1 fully saturated rings. The van der Waals surface area contributed by atoms with Crippen LogP contribution >= 0.6 is 0 Å². The summed E-state index contributed by atoms with van der Waals surface area (Å²) in [6.45, 7) is 6.07. The van der Waals surface area contributed by atoms with Crippen LogP contribution in [0.4, 0.5) is 5.69 Å². The second-order valence-electron chi connectivity index (χ2n) is 8.00. The van der Waals surface area contributed by atoms with Crippen LogP contribution in [-0.2, 0) is 10.0 Å². The number of carbonyl (C=O) groups excluding carboxylic acids is 1. The van der Waals surface area contributed by atoms with Gasteiger partial charge in [-0.15, -0.1) is 0 Å². The van der Waals surface area contributed by atoms with E-state index in [0.29, 0.717) is 36.9 Å². The molecule has 0 atom stereocenters. The highest BCUT2D eigenvalue weighted by Gasteiger charge is 2.25. The molecule has 0 aliphatic carbocycles. The number of nitrogens with zero attached hydrogens (tertiary/aromatic N) is 1. The maximum absolute atomic E-state index is 12.7. The van der Waals surface area contributed by atoms with Crippen molar-refractivity contribution < 1.29 is 17.9 Å². The lowest BCUT2D eigenvalue weighted by Gasteiger charge is -2.25. The minimum absolute atomic E-state index is 0.254. The number of carbonyl (C=O) groups is 1. The fraction of sp³-hybridized carbons (Fsp3) is 0.435. The standard InChI is InChI=1S/C23H30N2O4S/c1-18(2)14-17-29-21-10-6-19(7-11-21)23(26)24-20-8-12-22(13-9-20)30(27,28)25-15-4-3-5-16-25/h6-13,18H,3-5,14-17H2,1-2H3,(H,24,26). The first-order valence-electron chi connectivity index (χ1n) is 10.5. The molecule has 0 bridgehead atoms. The molecule has 162 valence electrons. The summed E-state index contributed by atoms with van der Waals surface area (Å²) in [6, 6.07) is 13.3. The number of nitrogens with one attached hydrogen (secondary N) is 1. The van der Waals surface area contributed by atoms with Gasteiger partial charge < -0.3 is 10.1 Å². The zero-order chi connectivity index (χ0) is 21.6. The molecule has 2 aromatic rings. The molecular formula is C23H30N2O4S. The average molecular weight is 431 g/mol. The Kier molecular flexibility index (Phi) is 7.50. The van der Waals surface area contributed by atoms with Crippen molar-refractivity contribution in [1.82, 2.24) is 4.31 Å². The van der Waals surface area contributed by atoms with E-state index >= 15 is 0 Å². The number of hydrogen-bond acceptors (Lipinski definition) is 4. The predicted octanol–water partition coefficient (Wildman–Crippen LogP) is 4.54. The molecule has 0 aromatic heterocycles. The van der Waals surface area contributed by atoms with Gasteiger partial charge in [-0.2, -0.15) is 4.31 Å². The molecular weight excluding hydrogens is 400 g/mol. The van der Waals surface area contributed by atoms with Crippen molar-refractivity contribution in [3.8, 4) is 5.75 Å². The Labute approximate surface area is 179 Å². The molecule has 3 rings (SSSR count). The lowest BCUT2D eigenvalue weighted by atomic mass is 10.1. The number of sulfonamides is 1. The van der Waals surface area contributed by atoms with Crippen LogP contribution in [0.1, 0.15) is 49.9 Å². The maximum atomic E-state index is 12.7. The van der Waals surface area contributed by atoms with Gasteiger partial charge in [0.25, 0.3) is 5.91 Å². The van der Waals surface area contributed by atoms with Crippen LogP contribution in [0, 0.1) is 5.92 Å². The normalized spacial score (nSPS) is 15.2. The zero-order valence-electron chi connectivity index (χ0n) is 17.6. The number of hydrogen-bond donors (Lipinski definition) is 1. The van der Waals surface area contributed by atoms with Gasteiger partial charge in [0.05, 0.1) is 11.5 Å². The van der Waals surface area contributed by atoms with Crippen LogP contribution in [0.3, 0.4) is 0 Å². The molecule has 1 aliphatic heterocycles. The fourth-order valence-corrected chi connectivity index (χ4v) is 4.80. The van der Waals surface area contributed by atoms with Gasteiger partial charge in [-0.05, 0) is 73.7 Å². The Balaban J connectivity index is 1.59. The van der Waals surface area contributed by atoms with Gasteiger partial charge in [-0.1, -0.05) is 20.3 Å². The van der Waals surface area contributed by atoms with Crippen LogP contribution in [-0.4, -0.2) is 38.3 Å². The third-order valence-electron chi connectivity index (χ3n) is 5.15. The van der Waals surface area contributed by atoms with E-state index in [-0.39, 0.29) is 10.8 Å². The van der Waals surface area contributed by atoms with Crippen molar-refractivity contribution in [2.45, 2.75) is 44.4 Å². The van der Waals surface area contributed by atoms with Crippen molar-refractivity contribution in [1.29, 1.82) is 0 Å². The van der Waals surface area contributed by atoms with Gasteiger partial charge in [0, 0.05) is 24.3 Å². The van der Waals surface area contributed by atoms with Gasteiger partial charge in [-0.3, -0.25) is 4.79 Å². The van der Waals surface area contributed by atoms with E-state index in [1.54, 1.807) is 48.5 Å². The van der Waals surface area contributed by atoms with Gasteiger partial charge in [0.1, 0.15) is 5.75 Å². The molecule has 1 N–H and O–H groups in total. The van der Waals surface area contributed by atoms with Crippen molar-refractivity contribution in [2.75, 3.05) is 25.0 Å². The van der Waals surface area contributed by atoms with Gasteiger partial charge >= 0.3 is 0 Å². The van der Waals surface area contributed by atoms with E-state index in [4.69, 9.17) is 4.74 Å². The lowest BCUT2D eigenvalue weighted by molar-refractivity contribution is 0.102. The first-order valence-corrected chi connectivity index (χ1v) is 11.9. The zero-order valence-corrected chi connectivity index (χ0v) is 18.5. The number of ether oxygens (including phenoxy) is 1. The van der Waals surface area contributed by atoms with Crippen LogP contribution in [0.15, 0.2) is 53.4 Å². The summed E-state index contributed by atoms with van der Waals surface area (Å²) < 4.78 is 32.6. The summed E-state index contributed by atoms with van der Waals surface area (Å²) in [4.78, 5) is 12.7. The smallest absolute Gasteiger partial charge is 0.255 e. The van der Waals surface area contributed by atoms with E-state index in [1.165, 1.54) is 4.31 Å². The Hall–Kier alpha value is -2.38. The monoisotopic (exact) mass is 430 g/mol. The third-order valence-corrected chi connectivity index (χ3v) is 7.06. The molecule has 30 heavy (non-hydrogen) atoms. The first kappa shape index (κ1) is 22.3. The fourth-order valence-electron chi connectivity index (χ4n) is 3.28. The maximum Gasteiger partial charge on any atom is 0.255 e. The van der Waals surface area contributed by atoms with Crippen LogP contribution in [0.5, 0.6) is 5.75 Å². The lowest BCUT2D eigenvalue weighted by Crippen LogP contribution is -2.35. The number of rotatable bonds is 8. The number of anilines is 1. The largest absolute Gasteiger partial charge is 0.494 e. The minimum atomic E-state index is -3.47. The SMILES string of the molecule is CC(C)CCOc1ccc(C(=O)Nc2ccc(S(=O)(=O)N3CCCCC3)cc2)cc1. The highest BCUT2D eigenvalue weighted by molar-refractivity contribution is 7.89. The van der Waals surface area contributed by atoms with Crippen molar-refractivity contribution in [3.63, 3.8) is 0 Å². The summed E-state index contributed by atoms with van der Waals surface area (Å²) >= 11 is 0. The Morgan fingerprint density at radius 3 is 2.23 bits per heavy atom. The summed E-state index contributed by atoms with van der Waals surface area (Å²) in [5.74, 6) is 1.06. The molecule has 1 saturated heterocycles. The molecule has 1 aliphatic rings. The Morgan fingerprint density at radius 2 is 1.63 bits per heavy atom. The summed E-state index contributed by atoms with van der Waals surface area (Å²) in [5.41, 5.74) is 1.06. The van der Waals surface area contributed by atoms with Crippen LogP contribution < -0.4 is 10.1 Å². The molecule has 0 saturated carbocycles. The topological polar surface area (TPSA) is 75.7 Å². The first-order chi connectivity index (χ1) is 14.4. The predicted molar refractivity (Wildman–Crippen MR) is 118 cm³/mol. The van der Waals surface area contributed by atoms with E-state index in [2.05, 4.69) is 19.2 Å². The summed E-state index contributed by atoms with van der Waals surface area (Å²) in [7, 11) is -3.47. The highest BCUT2D eigenvalue weighted by atomic mass is 32.2. The van der Waals surface area contributed by atoms with Gasteiger partial charge in [0.15, 0.2) is 0 Å². The average Bonchev–Trinajstić information content (AvgIpc) is 2.75. The summed E-state index contributed by atoms with van der Waals surface area (Å²) in [5, 5.41) is 2.81. The molecule has 1 heterocycles. The molecule has 7 heteroatoms. The van der Waals surface area contributed by atoms with Crippen molar-refractivity contribution in [3.05, 3.63) is 54.1 Å². The highest BCUT2D eigenvalue weighted by Crippen LogP contribution is 2.22. The molecule has 0 radical (unpaired) electrons. The van der Waals surface area contributed by atoms with E-state index in [9.17, 15) is 13.2 Å².